The summed E-state index contributed by atoms with van der Waals surface area (Å²) in [5.41, 5.74) is 6.26. The molecular formula is C31H33F2N7O2. The minimum Gasteiger partial charge on any atom is -0.445 e. The highest BCUT2D eigenvalue weighted by molar-refractivity contribution is 5.77. The minimum atomic E-state index is -2.62. The first-order valence-corrected chi connectivity index (χ1v) is 14.4. The summed E-state index contributed by atoms with van der Waals surface area (Å²) in [6.45, 7) is 3.50. The SMILES string of the molecule is Cn1cc(-c2cc3c(cc2C(F)F)N(c2nn(C4CN(C(=O)OCc5ccccc5)C4)c4c2CNCC4)CCC3)cn1. The van der Waals surface area contributed by atoms with Crippen LogP contribution in [0.4, 0.5) is 25.1 Å². The lowest BCUT2D eigenvalue weighted by molar-refractivity contribution is 0.0488. The number of amides is 1. The summed E-state index contributed by atoms with van der Waals surface area (Å²) in [7, 11) is 1.79. The third kappa shape index (κ3) is 4.81. The van der Waals surface area contributed by atoms with E-state index in [0.717, 1.165) is 59.7 Å². The van der Waals surface area contributed by atoms with E-state index in [-0.39, 0.29) is 24.3 Å². The van der Waals surface area contributed by atoms with Crippen molar-refractivity contribution < 1.29 is 18.3 Å². The average Bonchev–Trinajstić information content (AvgIpc) is 3.59. The molecule has 1 fully saturated rings. The predicted octanol–water partition coefficient (Wildman–Crippen LogP) is 5.14. The molecule has 218 valence electrons. The number of anilines is 2. The molecule has 9 nitrogen and oxygen atoms in total. The molecule has 3 aliphatic rings. The number of rotatable bonds is 6. The molecular weight excluding hydrogens is 540 g/mol. The number of aromatic nitrogens is 4. The summed E-state index contributed by atoms with van der Waals surface area (Å²) in [5, 5.41) is 12.8. The number of nitrogens with one attached hydrogen (secondary N) is 1. The largest absolute Gasteiger partial charge is 0.445 e. The Hall–Kier alpha value is -4.25. The van der Waals surface area contributed by atoms with Crippen molar-refractivity contribution in [2.45, 2.75) is 44.9 Å². The highest BCUT2D eigenvalue weighted by Gasteiger charge is 2.38. The highest BCUT2D eigenvalue weighted by atomic mass is 19.3. The van der Waals surface area contributed by atoms with Crippen LogP contribution in [0, 0.1) is 0 Å². The molecule has 2 aromatic carbocycles. The molecule has 42 heavy (non-hydrogen) atoms. The van der Waals surface area contributed by atoms with Gasteiger partial charge in [-0.3, -0.25) is 9.36 Å². The molecule has 0 atom stereocenters. The maximum Gasteiger partial charge on any atom is 0.410 e. The Morgan fingerprint density at radius 3 is 2.76 bits per heavy atom. The Balaban J connectivity index is 1.16. The van der Waals surface area contributed by atoms with Gasteiger partial charge in [-0.05, 0) is 41.7 Å². The van der Waals surface area contributed by atoms with Gasteiger partial charge in [-0.25, -0.2) is 13.6 Å². The zero-order valence-electron chi connectivity index (χ0n) is 23.5. The van der Waals surface area contributed by atoms with Crippen molar-refractivity contribution in [3.8, 4) is 11.1 Å². The van der Waals surface area contributed by atoms with E-state index >= 15 is 0 Å². The minimum absolute atomic E-state index is 0.00345. The molecule has 0 radical (unpaired) electrons. The van der Waals surface area contributed by atoms with Gasteiger partial charge in [-0.15, -0.1) is 0 Å². The van der Waals surface area contributed by atoms with Crippen molar-refractivity contribution in [2.24, 2.45) is 7.05 Å². The number of ether oxygens (including phenoxy) is 1. The predicted molar refractivity (Wildman–Crippen MR) is 154 cm³/mol. The maximum absolute atomic E-state index is 14.4. The summed E-state index contributed by atoms with van der Waals surface area (Å²) in [4.78, 5) is 16.5. The van der Waals surface area contributed by atoms with E-state index in [1.54, 1.807) is 35.1 Å². The third-order valence-electron chi connectivity index (χ3n) is 8.49. The van der Waals surface area contributed by atoms with Crippen LogP contribution in [0.2, 0.25) is 0 Å². The standard InChI is InChI=1S/C31H33F2N7O2/c1-37-16-22(14-35-37)24-12-21-8-5-11-39(28(21)13-25(24)29(32)33)30-26-15-34-10-9-27(26)40(36-30)23-17-38(18-23)31(41)42-19-20-6-3-2-4-7-20/h2-4,6-7,12-14,16,23,29,34H,5,8-11,15,17-19H2,1H3. The van der Waals surface area contributed by atoms with Crippen molar-refractivity contribution in [1.82, 2.24) is 29.8 Å². The van der Waals surface area contributed by atoms with Crippen LogP contribution in [0.15, 0.2) is 54.9 Å². The summed E-state index contributed by atoms with van der Waals surface area (Å²) in [6, 6.07) is 13.2. The van der Waals surface area contributed by atoms with Crippen LogP contribution in [-0.2, 0) is 37.8 Å². The molecule has 0 spiro atoms. The molecule has 3 aliphatic heterocycles. The van der Waals surface area contributed by atoms with Gasteiger partial charge >= 0.3 is 6.09 Å². The fourth-order valence-electron chi connectivity index (χ4n) is 6.31. The summed E-state index contributed by atoms with van der Waals surface area (Å²) in [6.07, 6.45) is 2.99. The molecule has 1 saturated heterocycles. The highest BCUT2D eigenvalue weighted by Crippen LogP contribution is 2.43. The molecule has 0 bridgehead atoms. The second kappa shape index (κ2) is 10.9. The van der Waals surface area contributed by atoms with Gasteiger partial charge in [-0.2, -0.15) is 10.2 Å². The van der Waals surface area contributed by atoms with E-state index < -0.39 is 6.43 Å². The maximum atomic E-state index is 14.4. The first-order chi connectivity index (χ1) is 20.5. The van der Waals surface area contributed by atoms with Crippen molar-refractivity contribution in [3.05, 3.63) is 82.8 Å². The van der Waals surface area contributed by atoms with Crippen LogP contribution < -0.4 is 10.2 Å². The van der Waals surface area contributed by atoms with Crippen molar-refractivity contribution in [2.75, 3.05) is 31.1 Å². The van der Waals surface area contributed by atoms with E-state index in [2.05, 4.69) is 20.0 Å². The van der Waals surface area contributed by atoms with E-state index in [1.165, 1.54) is 0 Å². The number of nitrogens with zero attached hydrogens (tertiary/aromatic N) is 6. The van der Waals surface area contributed by atoms with E-state index in [1.807, 2.05) is 36.4 Å². The Morgan fingerprint density at radius 1 is 1.17 bits per heavy atom. The molecule has 7 rings (SSSR count). The van der Waals surface area contributed by atoms with Crippen LogP contribution in [0.25, 0.3) is 11.1 Å². The number of carbonyl (C=O) groups is 1. The van der Waals surface area contributed by atoms with Gasteiger partial charge in [0, 0.05) is 80.5 Å². The zero-order valence-corrected chi connectivity index (χ0v) is 23.5. The fraction of sp³-hybridized carbons (Fsp3) is 0.387. The molecule has 5 heterocycles. The third-order valence-corrected chi connectivity index (χ3v) is 8.49. The Kier molecular flexibility index (Phi) is 6.89. The van der Waals surface area contributed by atoms with E-state index in [9.17, 15) is 13.6 Å². The topological polar surface area (TPSA) is 80.5 Å². The Morgan fingerprint density at radius 2 is 2.00 bits per heavy atom. The van der Waals surface area contributed by atoms with Crippen LogP contribution >= 0.6 is 0 Å². The van der Waals surface area contributed by atoms with E-state index in [4.69, 9.17) is 9.84 Å². The number of aryl methyl sites for hydroxylation is 2. The van der Waals surface area contributed by atoms with Crippen LogP contribution in [-0.4, -0.2) is 56.7 Å². The number of benzene rings is 2. The number of halogens is 2. The molecule has 0 aliphatic carbocycles. The monoisotopic (exact) mass is 573 g/mol. The average molecular weight is 574 g/mol. The number of carbonyl (C=O) groups excluding carboxylic acids is 1. The van der Waals surface area contributed by atoms with E-state index in [0.29, 0.717) is 37.3 Å². The lowest BCUT2D eigenvalue weighted by Crippen LogP contribution is -2.51. The van der Waals surface area contributed by atoms with Gasteiger partial charge in [0.15, 0.2) is 5.82 Å². The normalized spacial score (nSPS) is 16.8. The second-order valence-corrected chi connectivity index (χ2v) is 11.2. The zero-order chi connectivity index (χ0) is 28.8. The van der Waals surface area contributed by atoms with Crippen LogP contribution in [0.1, 0.15) is 46.8 Å². The molecule has 2 aromatic heterocycles. The van der Waals surface area contributed by atoms with Gasteiger partial charge in [-0.1, -0.05) is 30.3 Å². The Bertz CT molecular complexity index is 1610. The molecule has 1 N–H and O–H groups in total. The van der Waals surface area contributed by atoms with Crippen molar-refractivity contribution in [3.63, 3.8) is 0 Å². The summed E-state index contributed by atoms with van der Waals surface area (Å²) >= 11 is 0. The van der Waals surface area contributed by atoms with Gasteiger partial charge < -0.3 is 19.9 Å². The summed E-state index contributed by atoms with van der Waals surface area (Å²) in [5.74, 6) is 0.817. The van der Waals surface area contributed by atoms with Crippen LogP contribution in [0.3, 0.4) is 0 Å². The molecule has 11 heteroatoms. The number of alkyl halides is 2. The number of likely N-dealkylation sites (tertiary alicyclic amines) is 1. The van der Waals surface area contributed by atoms with Gasteiger partial charge in [0.05, 0.1) is 12.2 Å². The molecule has 1 amide bonds. The van der Waals surface area contributed by atoms with Gasteiger partial charge in [0.1, 0.15) is 6.61 Å². The van der Waals surface area contributed by atoms with Gasteiger partial charge in [0.25, 0.3) is 6.43 Å². The number of hydrogen-bond acceptors (Lipinski definition) is 6. The first kappa shape index (κ1) is 26.6. The summed E-state index contributed by atoms with van der Waals surface area (Å²) < 4.78 is 38.0. The lowest BCUT2D eigenvalue weighted by Gasteiger charge is -2.39. The molecule has 4 aromatic rings. The molecule has 0 saturated carbocycles. The molecule has 0 unspecified atom stereocenters. The second-order valence-electron chi connectivity index (χ2n) is 11.2. The number of fused-ring (bicyclic) bond motifs is 2. The Labute approximate surface area is 242 Å². The smallest absolute Gasteiger partial charge is 0.410 e. The first-order valence-electron chi connectivity index (χ1n) is 14.4. The van der Waals surface area contributed by atoms with Gasteiger partial charge in [0.2, 0.25) is 0 Å². The van der Waals surface area contributed by atoms with Crippen LogP contribution in [0.5, 0.6) is 0 Å². The fourth-order valence-corrected chi connectivity index (χ4v) is 6.31. The number of hydrogen-bond donors (Lipinski definition) is 1. The van der Waals surface area contributed by atoms with Crippen molar-refractivity contribution in [1.29, 1.82) is 0 Å². The lowest BCUT2D eigenvalue weighted by atomic mass is 9.93. The van der Waals surface area contributed by atoms with Crippen molar-refractivity contribution >= 4 is 17.6 Å². The quantitative estimate of drug-likeness (QED) is 0.344.